The summed E-state index contributed by atoms with van der Waals surface area (Å²) in [5.41, 5.74) is 2.35. The zero-order valence-electron chi connectivity index (χ0n) is 28.2. The molecule has 3 atom stereocenters. The number of para-hydroxylation sites is 2. The van der Waals surface area contributed by atoms with Crippen molar-refractivity contribution < 1.29 is 26.8 Å². The number of halogens is 3. The van der Waals surface area contributed by atoms with Gasteiger partial charge in [0.2, 0.25) is 0 Å². The van der Waals surface area contributed by atoms with Crippen LogP contribution in [0.4, 0.5) is 8.78 Å². The molecule has 13 heteroatoms. The minimum absolute atomic E-state index is 0.0624. The molecular weight excluding hydrogens is 684 g/mol. The van der Waals surface area contributed by atoms with Crippen LogP contribution in [0.25, 0.3) is 11.0 Å². The molecule has 266 valence electrons. The third-order valence-corrected chi connectivity index (χ3v) is 12.8. The van der Waals surface area contributed by atoms with Crippen LogP contribution in [0.5, 0.6) is 0 Å². The number of likely N-dealkylation sites (tertiary alicyclic amines) is 1. The Bertz CT molecular complexity index is 2000. The van der Waals surface area contributed by atoms with Gasteiger partial charge in [0.25, 0.3) is 15.9 Å². The van der Waals surface area contributed by atoms with Crippen molar-refractivity contribution in [2.24, 2.45) is 0 Å². The SMILES string of the molecule is CCONS(=O)(=O)c1cc(C(=O)N2CCC(CCN3[C@@H]4CC[C@H]3CC(n3c(C)nc5ccccc53)C4)(c3cccc(F)c3)CC2)c(F)cc1Cl. The minimum Gasteiger partial charge on any atom is -0.338 e. The number of carbonyl (C=O) groups excluding carboxylic acids is 1. The molecule has 2 bridgehead atoms. The number of sulfonamides is 1. The highest BCUT2D eigenvalue weighted by molar-refractivity contribution is 7.89. The number of aryl methyl sites for hydroxylation is 1. The fraction of sp³-hybridized carbons (Fsp3) is 0.459. The highest BCUT2D eigenvalue weighted by Crippen LogP contribution is 2.45. The van der Waals surface area contributed by atoms with E-state index in [-0.39, 0.29) is 28.4 Å². The number of imidazole rings is 1. The first-order valence-electron chi connectivity index (χ1n) is 17.4. The van der Waals surface area contributed by atoms with Gasteiger partial charge in [-0.2, -0.15) is 0 Å². The molecule has 50 heavy (non-hydrogen) atoms. The number of piperidine rings is 2. The van der Waals surface area contributed by atoms with Gasteiger partial charge in [0.15, 0.2) is 0 Å². The number of aromatic nitrogens is 2. The van der Waals surface area contributed by atoms with Crippen LogP contribution in [0.1, 0.15) is 79.7 Å². The summed E-state index contributed by atoms with van der Waals surface area (Å²) in [5.74, 6) is -0.784. The van der Waals surface area contributed by atoms with Gasteiger partial charge in [-0.1, -0.05) is 40.8 Å². The Kier molecular flexibility index (Phi) is 9.77. The van der Waals surface area contributed by atoms with Gasteiger partial charge < -0.3 is 9.47 Å². The van der Waals surface area contributed by atoms with Gasteiger partial charge in [-0.15, -0.1) is 0 Å². The van der Waals surface area contributed by atoms with Crippen LogP contribution in [-0.2, 0) is 20.3 Å². The summed E-state index contributed by atoms with van der Waals surface area (Å²) in [4.78, 5) is 29.0. The average molecular weight is 726 g/mol. The zero-order valence-corrected chi connectivity index (χ0v) is 29.8. The quantitative estimate of drug-likeness (QED) is 0.178. The number of benzene rings is 3. The lowest BCUT2D eigenvalue weighted by Crippen LogP contribution is -2.49. The standard InChI is InChI=1S/C37H42ClF2N5O4S/c1-3-49-42-50(47,48)35-22-30(32(40)23-31(35)38)36(46)43-16-13-37(14-17-43,25-7-6-8-26(39)19-25)15-18-44-27-11-12-28(44)21-29(20-27)45-24(2)41-33-9-4-5-10-34(33)45/h4-10,19,22-23,27-29,42H,3,11-18,20-21H2,1-2H3/t27-,28+,29?. The summed E-state index contributed by atoms with van der Waals surface area (Å²) in [7, 11) is -4.25. The maximum absolute atomic E-state index is 15.1. The molecule has 4 aromatic rings. The van der Waals surface area contributed by atoms with Crippen LogP contribution < -0.4 is 4.89 Å². The van der Waals surface area contributed by atoms with Gasteiger partial charge in [0.05, 0.1) is 28.2 Å². The molecule has 0 aliphatic carbocycles. The monoisotopic (exact) mass is 725 g/mol. The van der Waals surface area contributed by atoms with Gasteiger partial charge in [-0.05, 0) is 113 Å². The van der Waals surface area contributed by atoms with Crippen molar-refractivity contribution in [1.29, 1.82) is 0 Å². The first kappa shape index (κ1) is 35.0. The molecule has 9 nitrogen and oxygen atoms in total. The van der Waals surface area contributed by atoms with E-state index in [1.165, 1.54) is 11.6 Å². The molecule has 7 rings (SSSR count). The molecule has 3 fully saturated rings. The zero-order chi connectivity index (χ0) is 35.2. The molecular formula is C37H42ClF2N5O4S. The molecule has 0 spiro atoms. The van der Waals surface area contributed by atoms with Crippen LogP contribution in [0.15, 0.2) is 65.6 Å². The first-order valence-corrected chi connectivity index (χ1v) is 19.2. The van der Waals surface area contributed by atoms with E-state index in [2.05, 4.69) is 34.6 Å². The number of rotatable bonds is 10. The maximum Gasteiger partial charge on any atom is 0.263 e. The van der Waals surface area contributed by atoms with Crippen molar-refractivity contribution in [3.05, 3.63) is 94.3 Å². The van der Waals surface area contributed by atoms with Gasteiger partial charge in [0.1, 0.15) is 22.4 Å². The predicted molar refractivity (Wildman–Crippen MR) is 187 cm³/mol. The normalized spacial score (nSPS) is 22.3. The van der Waals surface area contributed by atoms with Crippen LogP contribution in [0.2, 0.25) is 5.02 Å². The highest BCUT2D eigenvalue weighted by atomic mass is 35.5. The van der Waals surface area contributed by atoms with Crippen molar-refractivity contribution in [3.8, 4) is 0 Å². The molecule has 3 aliphatic heterocycles. The summed E-state index contributed by atoms with van der Waals surface area (Å²) in [6, 6.07) is 18.2. The molecule has 3 aromatic carbocycles. The minimum atomic E-state index is -4.25. The number of fused-ring (bicyclic) bond motifs is 3. The van der Waals surface area contributed by atoms with Gasteiger partial charge >= 0.3 is 0 Å². The number of hydrogen-bond acceptors (Lipinski definition) is 6. The smallest absolute Gasteiger partial charge is 0.263 e. The lowest BCUT2D eigenvalue weighted by molar-refractivity contribution is 0.0602. The van der Waals surface area contributed by atoms with E-state index in [0.717, 1.165) is 67.7 Å². The molecule has 0 radical (unpaired) electrons. The lowest BCUT2D eigenvalue weighted by atomic mass is 9.70. The summed E-state index contributed by atoms with van der Waals surface area (Å²) in [6.45, 7) is 5.22. The Morgan fingerprint density at radius 2 is 1.74 bits per heavy atom. The molecule has 3 saturated heterocycles. The van der Waals surface area contributed by atoms with Crippen molar-refractivity contribution in [2.75, 3.05) is 26.2 Å². The number of nitrogens with zero attached hydrogens (tertiary/aromatic N) is 4. The van der Waals surface area contributed by atoms with Crippen LogP contribution in [0, 0.1) is 18.6 Å². The van der Waals surface area contributed by atoms with Crippen molar-refractivity contribution in [2.45, 2.75) is 87.2 Å². The molecule has 1 N–H and O–H groups in total. The van der Waals surface area contributed by atoms with Gasteiger partial charge in [-0.3, -0.25) is 14.5 Å². The van der Waals surface area contributed by atoms with E-state index in [9.17, 15) is 17.6 Å². The molecule has 1 amide bonds. The Balaban J connectivity index is 1.08. The topological polar surface area (TPSA) is 96.8 Å². The Labute approximate surface area is 296 Å². The van der Waals surface area contributed by atoms with Crippen molar-refractivity contribution in [1.82, 2.24) is 24.2 Å². The second-order valence-corrected chi connectivity index (χ2v) is 15.9. The molecule has 4 heterocycles. The van der Waals surface area contributed by atoms with Crippen molar-refractivity contribution >= 4 is 38.6 Å². The van der Waals surface area contributed by atoms with Gasteiger partial charge in [0, 0.05) is 31.2 Å². The number of nitrogens with one attached hydrogen (secondary N) is 1. The summed E-state index contributed by atoms with van der Waals surface area (Å²) in [6.07, 6.45) is 6.30. The summed E-state index contributed by atoms with van der Waals surface area (Å²) < 4.78 is 57.7. The van der Waals surface area contributed by atoms with E-state index < -0.39 is 26.6 Å². The lowest BCUT2D eigenvalue weighted by Gasteiger charge is -2.45. The van der Waals surface area contributed by atoms with Crippen molar-refractivity contribution in [3.63, 3.8) is 0 Å². The molecule has 0 saturated carbocycles. The van der Waals surface area contributed by atoms with E-state index in [4.69, 9.17) is 21.4 Å². The summed E-state index contributed by atoms with van der Waals surface area (Å²) >= 11 is 6.08. The highest BCUT2D eigenvalue weighted by Gasteiger charge is 2.44. The second-order valence-electron chi connectivity index (χ2n) is 13.9. The third-order valence-electron chi connectivity index (χ3n) is 11.1. The van der Waals surface area contributed by atoms with Gasteiger partial charge in [-0.25, -0.2) is 22.2 Å². The second kappa shape index (κ2) is 14.0. The Hall–Kier alpha value is -3.42. The first-order chi connectivity index (χ1) is 24.0. The maximum atomic E-state index is 15.1. The number of hydrogen-bond donors (Lipinski definition) is 1. The molecule has 1 aromatic heterocycles. The Morgan fingerprint density at radius 1 is 1.02 bits per heavy atom. The fourth-order valence-corrected chi connectivity index (χ4v) is 10.1. The summed E-state index contributed by atoms with van der Waals surface area (Å²) in [5, 5.41) is -0.360. The Morgan fingerprint density at radius 3 is 2.44 bits per heavy atom. The fourth-order valence-electron chi connectivity index (χ4n) is 8.68. The van der Waals surface area contributed by atoms with E-state index >= 15 is 4.39 Å². The van der Waals surface area contributed by atoms with E-state index in [0.29, 0.717) is 44.1 Å². The molecule has 3 aliphatic rings. The number of carbonyl (C=O) groups is 1. The number of amides is 1. The molecule has 1 unspecified atom stereocenters. The van der Waals surface area contributed by atoms with E-state index in [1.807, 2.05) is 17.0 Å². The third kappa shape index (κ3) is 6.56. The predicted octanol–water partition coefficient (Wildman–Crippen LogP) is 6.94. The van der Waals surface area contributed by atoms with Crippen LogP contribution >= 0.6 is 11.6 Å². The largest absolute Gasteiger partial charge is 0.338 e. The van der Waals surface area contributed by atoms with E-state index in [1.54, 1.807) is 24.0 Å². The average Bonchev–Trinajstić information content (AvgIpc) is 3.56. The van der Waals surface area contributed by atoms with Crippen LogP contribution in [-0.4, -0.2) is 72.0 Å². The van der Waals surface area contributed by atoms with Crippen LogP contribution in [0.3, 0.4) is 0 Å².